The van der Waals surface area contributed by atoms with Crippen molar-refractivity contribution in [2.24, 2.45) is 0 Å². The predicted molar refractivity (Wildman–Crippen MR) is 81.7 cm³/mol. The van der Waals surface area contributed by atoms with E-state index in [0.717, 1.165) is 4.47 Å². The van der Waals surface area contributed by atoms with Gasteiger partial charge in [0.25, 0.3) is 5.91 Å². The molecule has 1 saturated heterocycles. The lowest BCUT2D eigenvalue weighted by atomic mass is 10.1. The molecule has 1 N–H and O–H groups in total. The number of amides is 1. The van der Waals surface area contributed by atoms with Crippen molar-refractivity contribution in [3.8, 4) is 0 Å². The summed E-state index contributed by atoms with van der Waals surface area (Å²) in [6, 6.07) is 5.10. The summed E-state index contributed by atoms with van der Waals surface area (Å²) in [5, 5.41) is 9.09. The number of nitrogens with zero attached hydrogens (tertiary/aromatic N) is 1. The van der Waals surface area contributed by atoms with Gasteiger partial charge < -0.3 is 14.7 Å². The molecule has 0 bridgehead atoms. The summed E-state index contributed by atoms with van der Waals surface area (Å²) in [7, 11) is 0. The van der Waals surface area contributed by atoms with Crippen LogP contribution in [0.15, 0.2) is 22.7 Å². The van der Waals surface area contributed by atoms with Crippen LogP contribution in [0.25, 0.3) is 0 Å². The number of piperidine rings is 1. The van der Waals surface area contributed by atoms with Crippen LogP contribution < -0.4 is 0 Å². The number of carboxylic acid groups (broad SMARTS) is 1. The van der Waals surface area contributed by atoms with Gasteiger partial charge in [0.2, 0.25) is 0 Å². The number of hydrogen-bond donors (Lipinski definition) is 1. The number of aliphatic carboxylic acids is 1. The number of rotatable bonds is 4. The fraction of sp³-hybridized carbons (Fsp3) is 0.429. The van der Waals surface area contributed by atoms with Crippen LogP contribution >= 0.6 is 27.5 Å². The molecule has 0 radical (unpaired) electrons. The van der Waals surface area contributed by atoms with Gasteiger partial charge in [0, 0.05) is 28.1 Å². The van der Waals surface area contributed by atoms with E-state index in [0.29, 0.717) is 36.5 Å². The van der Waals surface area contributed by atoms with E-state index in [1.54, 1.807) is 23.1 Å². The zero-order chi connectivity index (χ0) is 15.4. The first kappa shape index (κ1) is 16.3. The number of carboxylic acids is 1. The number of carbonyl (C=O) groups excluding carboxylic acids is 1. The Bertz CT molecular complexity index is 524. The Hall–Kier alpha value is -1.11. The normalized spacial score (nSPS) is 16.0. The molecule has 0 spiro atoms. The summed E-state index contributed by atoms with van der Waals surface area (Å²) in [6.07, 6.45) is 1.18. The van der Waals surface area contributed by atoms with Crippen LogP contribution in [0.4, 0.5) is 0 Å². The van der Waals surface area contributed by atoms with Gasteiger partial charge in [0.05, 0.1) is 6.10 Å². The number of ether oxygens (including phenoxy) is 1. The van der Waals surface area contributed by atoms with Crippen LogP contribution in [0.1, 0.15) is 23.2 Å². The fourth-order valence-electron chi connectivity index (χ4n) is 2.27. The molecule has 1 aromatic rings. The van der Waals surface area contributed by atoms with Crippen LogP contribution in [-0.2, 0) is 9.53 Å². The first-order valence-electron chi connectivity index (χ1n) is 6.54. The number of likely N-dealkylation sites (tertiary alicyclic amines) is 1. The highest BCUT2D eigenvalue weighted by molar-refractivity contribution is 9.10. The average molecular weight is 377 g/mol. The van der Waals surface area contributed by atoms with Crippen molar-refractivity contribution in [1.82, 2.24) is 4.90 Å². The predicted octanol–water partition coefficient (Wildman–Crippen LogP) is 2.81. The van der Waals surface area contributed by atoms with Gasteiger partial charge in [-0.3, -0.25) is 4.79 Å². The number of benzene rings is 1. The monoisotopic (exact) mass is 375 g/mol. The second-order valence-electron chi connectivity index (χ2n) is 4.85. The smallest absolute Gasteiger partial charge is 0.329 e. The van der Waals surface area contributed by atoms with Crippen molar-refractivity contribution in [3.05, 3.63) is 33.3 Å². The summed E-state index contributed by atoms with van der Waals surface area (Å²) < 4.78 is 6.01. The molecular formula is C14H15BrClNO4. The quantitative estimate of drug-likeness (QED) is 0.877. The zero-order valence-corrected chi connectivity index (χ0v) is 13.6. The van der Waals surface area contributed by atoms with Crippen molar-refractivity contribution >= 4 is 39.4 Å². The van der Waals surface area contributed by atoms with Gasteiger partial charge in [-0.2, -0.15) is 0 Å². The molecule has 1 amide bonds. The van der Waals surface area contributed by atoms with Gasteiger partial charge in [-0.15, -0.1) is 0 Å². The summed E-state index contributed by atoms with van der Waals surface area (Å²) in [4.78, 5) is 24.6. The van der Waals surface area contributed by atoms with Crippen molar-refractivity contribution in [2.45, 2.75) is 18.9 Å². The van der Waals surface area contributed by atoms with Crippen molar-refractivity contribution in [3.63, 3.8) is 0 Å². The SMILES string of the molecule is O=C(O)COC1CCN(C(=O)c2cc(Cl)cc(Br)c2)CC1. The lowest BCUT2D eigenvalue weighted by Gasteiger charge is -2.31. The molecule has 0 atom stereocenters. The highest BCUT2D eigenvalue weighted by Gasteiger charge is 2.24. The minimum Gasteiger partial charge on any atom is -0.480 e. The molecular weight excluding hydrogens is 362 g/mol. The van der Waals surface area contributed by atoms with E-state index < -0.39 is 5.97 Å². The Labute approximate surface area is 136 Å². The standard InChI is InChI=1S/C14H15BrClNO4/c15-10-5-9(6-11(16)7-10)14(20)17-3-1-12(2-4-17)21-8-13(18)19/h5-7,12H,1-4,8H2,(H,18,19). The molecule has 114 valence electrons. The molecule has 1 heterocycles. The second-order valence-corrected chi connectivity index (χ2v) is 6.21. The topological polar surface area (TPSA) is 66.8 Å². The third kappa shape index (κ3) is 4.69. The first-order valence-corrected chi connectivity index (χ1v) is 7.71. The van der Waals surface area contributed by atoms with Crippen LogP contribution in [0.5, 0.6) is 0 Å². The van der Waals surface area contributed by atoms with Gasteiger partial charge in [-0.1, -0.05) is 27.5 Å². The van der Waals surface area contributed by atoms with Gasteiger partial charge in [0.1, 0.15) is 6.61 Å². The molecule has 7 heteroatoms. The van der Waals surface area contributed by atoms with Crippen LogP contribution in [0.2, 0.25) is 5.02 Å². The van der Waals surface area contributed by atoms with E-state index in [1.165, 1.54) is 0 Å². The van der Waals surface area contributed by atoms with Crippen LogP contribution in [0, 0.1) is 0 Å². The van der Waals surface area contributed by atoms with E-state index in [9.17, 15) is 9.59 Å². The van der Waals surface area contributed by atoms with E-state index in [1.807, 2.05) is 0 Å². The highest BCUT2D eigenvalue weighted by Crippen LogP contribution is 2.22. The van der Waals surface area contributed by atoms with Crippen molar-refractivity contribution in [1.29, 1.82) is 0 Å². The molecule has 5 nitrogen and oxygen atoms in total. The van der Waals surface area contributed by atoms with Crippen LogP contribution in [0.3, 0.4) is 0 Å². The summed E-state index contributed by atoms with van der Waals surface area (Å²) in [6.45, 7) is 0.806. The molecule has 1 aliphatic rings. The largest absolute Gasteiger partial charge is 0.480 e. The Morgan fingerprint density at radius 2 is 2.00 bits per heavy atom. The molecule has 0 aliphatic carbocycles. The third-order valence-corrected chi connectivity index (χ3v) is 3.96. The minimum atomic E-state index is -0.975. The Kier molecular flexibility index (Phi) is 5.61. The molecule has 1 aliphatic heterocycles. The molecule has 1 fully saturated rings. The van der Waals surface area contributed by atoms with Gasteiger partial charge in [-0.25, -0.2) is 4.79 Å². The molecule has 0 saturated carbocycles. The van der Waals surface area contributed by atoms with Gasteiger partial charge in [0.15, 0.2) is 0 Å². The Morgan fingerprint density at radius 3 is 2.57 bits per heavy atom. The van der Waals surface area contributed by atoms with E-state index in [-0.39, 0.29) is 18.6 Å². The Balaban J connectivity index is 1.92. The van der Waals surface area contributed by atoms with Gasteiger partial charge in [-0.05, 0) is 31.0 Å². The lowest BCUT2D eigenvalue weighted by molar-refractivity contribution is -0.145. The molecule has 21 heavy (non-hydrogen) atoms. The highest BCUT2D eigenvalue weighted by atomic mass is 79.9. The Morgan fingerprint density at radius 1 is 1.33 bits per heavy atom. The molecule has 2 rings (SSSR count). The minimum absolute atomic E-state index is 0.0742. The molecule has 0 unspecified atom stereocenters. The maximum Gasteiger partial charge on any atom is 0.329 e. The van der Waals surface area contributed by atoms with Crippen molar-refractivity contribution < 1.29 is 19.4 Å². The number of carbonyl (C=O) groups is 2. The van der Waals surface area contributed by atoms with E-state index in [4.69, 9.17) is 21.4 Å². The zero-order valence-electron chi connectivity index (χ0n) is 11.2. The first-order chi connectivity index (χ1) is 9.95. The molecule has 0 aromatic heterocycles. The molecule has 1 aromatic carbocycles. The number of halogens is 2. The summed E-state index contributed by atoms with van der Waals surface area (Å²) >= 11 is 9.27. The maximum absolute atomic E-state index is 12.4. The second kappa shape index (κ2) is 7.24. The average Bonchev–Trinajstić information content (AvgIpc) is 2.44. The fourth-order valence-corrected chi connectivity index (χ4v) is 3.13. The number of hydrogen-bond acceptors (Lipinski definition) is 3. The summed E-state index contributed by atoms with van der Waals surface area (Å²) in [5.74, 6) is -1.05. The lowest BCUT2D eigenvalue weighted by Crippen LogP contribution is -2.41. The van der Waals surface area contributed by atoms with Gasteiger partial charge >= 0.3 is 5.97 Å². The van der Waals surface area contributed by atoms with E-state index >= 15 is 0 Å². The van der Waals surface area contributed by atoms with Crippen LogP contribution in [-0.4, -0.2) is 47.7 Å². The maximum atomic E-state index is 12.4. The summed E-state index contributed by atoms with van der Waals surface area (Å²) in [5.41, 5.74) is 0.541. The third-order valence-electron chi connectivity index (χ3n) is 3.28. The van der Waals surface area contributed by atoms with E-state index in [2.05, 4.69) is 15.9 Å². The van der Waals surface area contributed by atoms with Crippen molar-refractivity contribution in [2.75, 3.05) is 19.7 Å².